The summed E-state index contributed by atoms with van der Waals surface area (Å²) < 4.78 is 1.95. The predicted molar refractivity (Wildman–Crippen MR) is 85.2 cm³/mol. The monoisotopic (exact) mass is 322 g/mol. The second-order valence-corrected chi connectivity index (χ2v) is 6.27. The molecule has 1 fully saturated rings. The summed E-state index contributed by atoms with van der Waals surface area (Å²) in [6, 6.07) is 5.72. The van der Waals surface area contributed by atoms with Crippen LogP contribution >= 0.6 is 23.2 Å². The van der Waals surface area contributed by atoms with Crippen LogP contribution in [0.1, 0.15) is 48.5 Å². The maximum Gasteiger partial charge on any atom is 0.153 e. The molecule has 0 atom stereocenters. The molecule has 0 radical (unpaired) electrons. The average Bonchev–Trinajstić information content (AvgIpc) is 2.95. The van der Waals surface area contributed by atoms with Gasteiger partial charge < -0.3 is 0 Å². The van der Waals surface area contributed by atoms with Crippen LogP contribution in [0, 0.1) is 0 Å². The Morgan fingerprint density at radius 3 is 2.57 bits per heavy atom. The molecule has 0 aliphatic heterocycles. The summed E-state index contributed by atoms with van der Waals surface area (Å²) in [4.78, 5) is 11.3. The van der Waals surface area contributed by atoms with E-state index in [1.165, 1.54) is 19.3 Å². The summed E-state index contributed by atoms with van der Waals surface area (Å²) in [5, 5.41) is 5.60. The van der Waals surface area contributed by atoms with E-state index in [2.05, 4.69) is 5.10 Å². The molecule has 1 aliphatic carbocycles. The van der Waals surface area contributed by atoms with Crippen LogP contribution in [0.25, 0.3) is 11.3 Å². The van der Waals surface area contributed by atoms with Crippen LogP contribution in [0.5, 0.6) is 0 Å². The number of nitrogens with zero attached hydrogens (tertiary/aromatic N) is 2. The Balaban J connectivity index is 1.99. The lowest BCUT2D eigenvalue weighted by molar-refractivity contribution is 0.112. The molecule has 0 bridgehead atoms. The van der Waals surface area contributed by atoms with E-state index in [-0.39, 0.29) is 0 Å². The molecule has 1 aliphatic rings. The second-order valence-electron chi connectivity index (χ2n) is 5.45. The Morgan fingerprint density at radius 1 is 1.14 bits per heavy atom. The van der Waals surface area contributed by atoms with Crippen molar-refractivity contribution in [2.45, 2.75) is 38.1 Å². The highest BCUT2D eigenvalue weighted by Gasteiger charge is 2.19. The lowest BCUT2D eigenvalue weighted by Gasteiger charge is -2.21. The van der Waals surface area contributed by atoms with Crippen molar-refractivity contribution in [1.82, 2.24) is 9.78 Å². The molecule has 0 saturated heterocycles. The Morgan fingerprint density at radius 2 is 1.90 bits per heavy atom. The Hall–Kier alpha value is -1.32. The zero-order chi connectivity index (χ0) is 14.8. The fourth-order valence-corrected chi connectivity index (χ4v) is 3.19. The molecule has 0 N–H and O–H groups in total. The lowest BCUT2D eigenvalue weighted by Crippen LogP contribution is -2.13. The van der Waals surface area contributed by atoms with Gasteiger partial charge in [-0.1, -0.05) is 48.5 Å². The molecule has 5 heteroatoms. The van der Waals surface area contributed by atoms with E-state index in [0.717, 1.165) is 24.7 Å². The molecule has 0 spiro atoms. The van der Waals surface area contributed by atoms with Crippen molar-refractivity contribution < 1.29 is 4.79 Å². The summed E-state index contributed by atoms with van der Waals surface area (Å²) in [7, 11) is 0. The van der Waals surface area contributed by atoms with Crippen molar-refractivity contribution in [3.63, 3.8) is 0 Å². The zero-order valence-electron chi connectivity index (χ0n) is 11.6. The van der Waals surface area contributed by atoms with Crippen LogP contribution < -0.4 is 0 Å². The molecule has 3 rings (SSSR count). The van der Waals surface area contributed by atoms with Gasteiger partial charge in [-0.05, 0) is 25.0 Å². The number of hydrogen-bond acceptors (Lipinski definition) is 2. The summed E-state index contributed by atoms with van der Waals surface area (Å²) in [6.07, 6.45) is 8.69. The first-order chi connectivity index (χ1) is 10.2. The van der Waals surface area contributed by atoms with Gasteiger partial charge in [0, 0.05) is 11.8 Å². The molecular formula is C16H16Cl2N2O. The van der Waals surface area contributed by atoms with Crippen molar-refractivity contribution in [2.24, 2.45) is 0 Å². The van der Waals surface area contributed by atoms with Gasteiger partial charge in [-0.15, -0.1) is 0 Å². The number of rotatable bonds is 3. The molecule has 1 saturated carbocycles. The van der Waals surface area contributed by atoms with E-state index < -0.39 is 0 Å². The first-order valence-corrected chi connectivity index (χ1v) is 7.94. The average molecular weight is 323 g/mol. The number of halogens is 2. The number of aromatic nitrogens is 2. The minimum Gasteiger partial charge on any atom is -0.298 e. The first kappa shape index (κ1) is 14.6. The van der Waals surface area contributed by atoms with E-state index in [9.17, 15) is 4.79 Å². The van der Waals surface area contributed by atoms with Crippen LogP contribution in [0.4, 0.5) is 0 Å². The molecule has 3 nitrogen and oxygen atoms in total. The summed E-state index contributed by atoms with van der Waals surface area (Å²) in [5.74, 6) is 0. The molecule has 1 aromatic heterocycles. The fraction of sp³-hybridized carbons (Fsp3) is 0.375. The standard InChI is InChI=1S/C16H16Cl2N2O/c17-14-7-6-11(8-15(14)18)16-12(10-21)9-20(19-16)13-4-2-1-3-5-13/h6-10,13H,1-5H2. The highest BCUT2D eigenvalue weighted by atomic mass is 35.5. The van der Waals surface area contributed by atoms with Crippen molar-refractivity contribution >= 4 is 29.5 Å². The van der Waals surface area contributed by atoms with Gasteiger partial charge >= 0.3 is 0 Å². The van der Waals surface area contributed by atoms with Crippen LogP contribution in [-0.2, 0) is 0 Å². The van der Waals surface area contributed by atoms with E-state index in [1.807, 2.05) is 16.9 Å². The smallest absolute Gasteiger partial charge is 0.153 e. The van der Waals surface area contributed by atoms with Crippen LogP contribution in [-0.4, -0.2) is 16.1 Å². The molecule has 0 unspecified atom stereocenters. The molecule has 2 aromatic rings. The molecule has 0 amide bonds. The van der Waals surface area contributed by atoms with Gasteiger partial charge in [0.1, 0.15) is 5.69 Å². The third-order valence-electron chi connectivity index (χ3n) is 4.03. The normalized spacial score (nSPS) is 16.1. The van der Waals surface area contributed by atoms with Crippen molar-refractivity contribution in [3.8, 4) is 11.3 Å². The molecule has 21 heavy (non-hydrogen) atoms. The maximum atomic E-state index is 11.3. The number of carbonyl (C=O) groups is 1. The predicted octanol–water partition coefficient (Wildman–Crippen LogP) is 5.17. The van der Waals surface area contributed by atoms with Gasteiger partial charge in [0.25, 0.3) is 0 Å². The lowest BCUT2D eigenvalue weighted by atomic mass is 9.96. The SMILES string of the molecule is O=Cc1cn(C2CCCCC2)nc1-c1ccc(Cl)c(Cl)c1. The van der Waals surface area contributed by atoms with Gasteiger partial charge in [-0.3, -0.25) is 9.48 Å². The van der Waals surface area contributed by atoms with Gasteiger partial charge in [-0.2, -0.15) is 5.10 Å². The van der Waals surface area contributed by atoms with Gasteiger partial charge in [0.15, 0.2) is 6.29 Å². The molecule has 1 heterocycles. The zero-order valence-corrected chi connectivity index (χ0v) is 13.1. The Kier molecular flexibility index (Phi) is 4.32. The Labute approximate surface area is 133 Å². The van der Waals surface area contributed by atoms with Crippen molar-refractivity contribution in [1.29, 1.82) is 0 Å². The first-order valence-electron chi connectivity index (χ1n) is 7.19. The summed E-state index contributed by atoms with van der Waals surface area (Å²) >= 11 is 12.0. The van der Waals surface area contributed by atoms with E-state index in [4.69, 9.17) is 23.2 Å². The van der Waals surface area contributed by atoms with E-state index in [0.29, 0.717) is 27.3 Å². The van der Waals surface area contributed by atoms with E-state index in [1.54, 1.807) is 12.1 Å². The van der Waals surface area contributed by atoms with Gasteiger partial charge in [-0.25, -0.2) is 0 Å². The molecular weight excluding hydrogens is 307 g/mol. The number of carbonyl (C=O) groups excluding carboxylic acids is 1. The fourth-order valence-electron chi connectivity index (χ4n) is 2.89. The highest BCUT2D eigenvalue weighted by Crippen LogP contribution is 2.32. The van der Waals surface area contributed by atoms with E-state index >= 15 is 0 Å². The van der Waals surface area contributed by atoms with Crippen molar-refractivity contribution in [2.75, 3.05) is 0 Å². The molecule has 110 valence electrons. The topological polar surface area (TPSA) is 34.9 Å². The van der Waals surface area contributed by atoms with Crippen LogP contribution in [0.3, 0.4) is 0 Å². The minimum absolute atomic E-state index is 0.397. The minimum atomic E-state index is 0.397. The second kappa shape index (κ2) is 6.20. The third kappa shape index (κ3) is 2.99. The molecule has 1 aromatic carbocycles. The quantitative estimate of drug-likeness (QED) is 0.730. The highest BCUT2D eigenvalue weighted by molar-refractivity contribution is 6.42. The third-order valence-corrected chi connectivity index (χ3v) is 4.77. The summed E-state index contributed by atoms with van der Waals surface area (Å²) in [6.45, 7) is 0. The van der Waals surface area contributed by atoms with Gasteiger partial charge in [0.05, 0.1) is 21.7 Å². The Bertz CT molecular complexity index is 660. The largest absolute Gasteiger partial charge is 0.298 e. The number of aldehydes is 1. The van der Waals surface area contributed by atoms with Crippen LogP contribution in [0.15, 0.2) is 24.4 Å². The van der Waals surface area contributed by atoms with Crippen molar-refractivity contribution in [3.05, 3.63) is 40.0 Å². The maximum absolute atomic E-state index is 11.3. The number of benzene rings is 1. The number of hydrogen-bond donors (Lipinski definition) is 0. The van der Waals surface area contributed by atoms with Crippen LogP contribution in [0.2, 0.25) is 10.0 Å². The van der Waals surface area contributed by atoms with Gasteiger partial charge in [0.2, 0.25) is 0 Å². The summed E-state index contributed by atoms with van der Waals surface area (Å²) in [5.41, 5.74) is 2.09.